The predicted octanol–water partition coefficient (Wildman–Crippen LogP) is 5.15. The van der Waals surface area contributed by atoms with Crippen molar-refractivity contribution >= 4 is 0 Å². The predicted molar refractivity (Wildman–Crippen MR) is 83.5 cm³/mol. The first-order chi connectivity index (χ1) is 10.3. The van der Waals surface area contributed by atoms with Gasteiger partial charge in [0.25, 0.3) is 0 Å². The van der Waals surface area contributed by atoms with Gasteiger partial charge in [-0.1, -0.05) is 48.5 Å². The third-order valence-corrected chi connectivity index (χ3v) is 4.10. The molecule has 2 aromatic carbocycles. The van der Waals surface area contributed by atoms with Gasteiger partial charge in [-0.2, -0.15) is 0 Å². The Morgan fingerprint density at radius 3 is 2.48 bits per heavy atom. The summed E-state index contributed by atoms with van der Waals surface area (Å²) in [6.45, 7) is 4.42. The molecule has 0 amide bonds. The molecule has 2 atom stereocenters. The molecule has 1 nitrogen and oxygen atoms in total. The number of hydrogen-bond donors (Lipinski definition) is 0. The maximum atomic E-state index is 14.4. The van der Waals surface area contributed by atoms with E-state index in [1.807, 2.05) is 48.5 Å². The normalized spacial score (nSPS) is 22.0. The maximum Gasteiger partial charge on any atom is 0.129 e. The van der Waals surface area contributed by atoms with Gasteiger partial charge in [-0.25, -0.2) is 4.39 Å². The van der Waals surface area contributed by atoms with Gasteiger partial charge in [-0.15, -0.1) is 6.58 Å². The standard InChI is InChI=1S/C19H19FO/c1-2-14-8-11-19(21-13-14)17-10-9-16(12-18(17)20)15-6-4-3-5-7-15/h2-7,9-10,12,14,19H,1,8,11,13H2. The molecule has 2 unspecified atom stereocenters. The molecule has 0 spiro atoms. The number of hydrogen-bond acceptors (Lipinski definition) is 1. The lowest BCUT2D eigenvalue weighted by molar-refractivity contribution is -0.00700. The highest BCUT2D eigenvalue weighted by Gasteiger charge is 2.23. The molecule has 0 radical (unpaired) electrons. The fraction of sp³-hybridized carbons (Fsp3) is 0.263. The average molecular weight is 282 g/mol. The van der Waals surface area contributed by atoms with Gasteiger partial charge in [-0.3, -0.25) is 0 Å². The summed E-state index contributed by atoms with van der Waals surface area (Å²) < 4.78 is 20.2. The first-order valence-corrected chi connectivity index (χ1v) is 7.37. The summed E-state index contributed by atoms with van der Waals surface area (Å²) in [6.07, 6.45) is 3.64. The molecule has 1 saturated heterocycles. The van der Waals surface area contributed by atoms with Gasteiger partial charge < -0.3 is 4.74 Å². The zero-order valence-electron chi connectivity index (χ0n) is 12.0. The molecule has 1 aliphatic heterocycles. The van der Waals surface area contributed by atoms with E-state index in [0.717, 1.165) is 24.0 Å². The molecular formula is C19H19FO. The molecule has 21 heavy (non-hydrogen) atoms. The van der Waals surface area contributed by atoms with Gasteiger partial charge >= 0.3 is 0 Å². The first kappa shape index (κ1) is 14.0. The molecule has 0 aliphatic carbocycles. The van der Waals surface area contributed by atoms with Crippen LogP contribution in [0.15, 0.2) is 61.2 Å². The topological polar surface area (TPSA) is 9.23 Å². The summed E-state index contributed by atoms with van der Waals surface area (Å²) in [5.74, 6) is 0.214. The molecule has 3 rings (SSSR count). The van der Waals surface area contributed by atoms with Crippen LogP contribution in [-0.2, 0) is 4.74 Å². The Labute approximate surface area is 125 Å². The highest BCUT2D eigenvalue weighted by Crippen LogP contribution is 2.33. The van der Waals surface area contributed by atoms with Crippen molar-refractivity contribution in [2.45, 2.75) is 18.9 Å². The monoisotopic (exact) mass is 282 g/mol. The van der Waals surface area contributed by atoms with Gasteiger partial charge in [-0.05, 0) is 30.0 Å². The van der Waals surface area contributed by atoms with Crippen LogP contribution < -0.4 is 0 Å². The lowest BCUT2D eigenvalue weighted by Crippen LogP contribution is -2.19. The number of benzene rings is 2. The SMILES string of the molecule is C=CC1CCC(c2ccc(-c3ccccc3)cc2F)OC1. The van der Waals surface area contributed by atoms with Gasteiger partial charge in [0.05, 0.1) is 12.7 Å². The van der Waals surface area contributed by atoms with Crippen molar-refractivity contribution < 1.29 is 9.13 Å². The Morgan fingerprint density at radius 2 is 1.86 bits per heavy atom. The second-order valence-electron chi connectivity index (χ2n) is 5.50. The molecule has 1 fully saturated rings. The Balaban J connectivity index is 1.81. The van der Waals surface area contributed by atoms with Gasteiger partial charge in [0.15, 0.2) is 0 Å². The van der Waals surface area contributed by atoms with E-state index in [9.17, 15) is 4.39 Å². The first-order valence-electron chi connectivity index (χ1n) is 7.37. The minimum Gasteiger partial charge on any atom is -0.373 e. The molecule has 2 aromatic rings. The van der Waals surface area contributed by atoms with E-state index >= 15 is 0 Å². The molecule has 0 aromatic heterocycles. The van der Waals surface area contributed by atoms with Crippen molar-refractivity contribution in [3.63, 3.8) is 0 Å². The van der Waals surface area contributed by atoms with Crippen molar-refractivity contribution in [2.75, 3.05) is 6.61 Å². The Bertz CT molecular complexity index is 613. The molecule has 1 aliphatic rings. The second-order valence-corrected chi connectivity index (χ2v) is 5.50. The average Bonchev–Trinajstić information content (AvgIpc) is 2.56. The van der Waals surface area contributed by atoms with Crippen molar-refractivity contribution in [2.24, 2.45) is 5.92 Å². The summed E-state index contributed by atoms with van der Waals surface area (Å²) in [5.41, 5.74) is 2.59. The molecule has 108 valence electrons. The van der Waals surface area contributed by atoms with E-state index in [1.165, 1.54) is 0 Å². The quantitative estimate of drug-likeness (QED) is 0.708. The van der Waals surface area contributed by atoms with Crippen LogP contribution in [0.3, 0.4) is 0 Å². The second kappa shape index (κ2) is 6.23. The van der Waals surface area contributed by atoms with E-state index in [0.29, 0.717) is 18.1 Å². The zero-order chi connectivity index (χ0) is 14.7. The van der Waals surface area contributed by atoms with Gasteiger partial charge in [0.1, 0.15) is 5.82 Å². The third-order valence-electron chi connectivity index (χ3n) is 4.10. The molecule has 0 N–H and O–H groups in total. The largest absolute Gasteiger partial charge is 0.373 e. The summed E-state index contributed by atoms with van der Waals surface area (Å²) in [4.78, 5) is 0. The molecule has 0 saturated carbocycles. The highest BCUT2D eigenvalue weighted by molar-refractivity contribution is 5.63. The zero-order valence-corrected chi connectivity index (χ0v) is 12.0. The third kappa shape index (κ3) is 3.06. The minimum atomic E-state index is -0.182. The summed E-state index contributed by atoms with van der Waals surface area (Å²) in [5, 5.41) is 0. The lowest BCUT2D eigenvalue weighted by Gasteiger charge is -2.28. The fourth-order valence-electron chi connectivity index (χ4n) is 2.80. The van der Waals surface area contributed by atoms with Crippen molar-refractivity contribution in [1.29, 1.82) is 0 Å². The summed E-state index contributed by atoms with van der Waals surface area (Å²) >= 11 is 0. The Kier molecular flexibility index (Phi) is 4.16. The summed E-state index contributed by atoms with van der Waals surface area (Å²) in [6, 6.07) is 15.3. The Hall–Kier alpha value is -1.93. The van der Waals surface area contributed by atoms with Crippen molar-refractivity contribution in [3.05, 3.63) is 72.6 Å². The van der Waals surface area contributed by atoms with Crippen LogP contribution in [0, 0.1) is 11.7 Å². The summed E-state index contributed by atoms with van der Waals surface area (Å²) in [7, 11) is 0. The minimum absolute atomic E-state index is 0.133. The van der Waals surface area contributed by atoms with Crippen LogP contribution in [0.25, 0.3) is 11.1 Å². The fourth-order valence-corrected chi connectivity index (χ4v) is 2.80. The molecule has 0 bridgehead atoms. The maximum absolute atomic E-state index is 14.4. The molecule has 1 heterocycles. The van der Waals surface area contributed by atoms with E-state index in [4.69, 9.17) is 4.74 Å². The number of ether oxygens (including phenoxy) is 1. The van der Waals surface area contributed by atoms with Crippen LogP contribution in [-0.4, -0.2) is 6.61 Å². The number of halogens is 1. The van der Waals surface area contributed by atoms with Gasteiger partial charge in [0, 0.05) is 11.5 Å². The van der Waals surface area contributed by atoms with Crippen LogP contribution in [0.2, 0.25) is 0 Å². The molecular weight excluding hydrogens is 263 g/mol. The van der Waals surface area contributed by atoms with Crippen molar-refractivity contribution in [1.82, 2.24) is 0 Å². The highest BCUT2D eigenvalue weighted by atomic mass is 19.1. The van der Waals surface area contributed by atoms with Gasteiger partial charge in [0.2, 0.25) is 0 Å². The smallest absolute Gasteiger partial charge is 0.129 e. The van der Waals surface area contributed by atoms with E-state index in [2.05, 4.69) is 6.58 Å². The van der Waals surface area contributed by atoms with Crippen LogP contribution >= 0.6 is 0 Å². The van der Waals surface area contributed by atoms with E-state index < -0.39 is 0 Å². The number of rotatable bonds is 3. The molecule has 2 heteroatoms. The van der Waals surface area contributed by atoms with E-state index in [1.54, 1.807) is 6.07 Å². The van der Waals surface area contributed by atoms with Crippen LogP contribution in [0.5, 0.6) is 0 Å². The van der Waals surface area contributed by atoms with Crippen LogP contribution in [0.1, 0.15) is 24.5 Å². The van der Waals surface area contributed by atoms with Crippen molar-refractivity contribution in [3.8, 4) is 11.1 Å². The van der Waals surface area contributed by atoms with E-state index in [-0.39, 0.29) is 11.9 Å². The lowest BCUT2D eigenvalue weighted by atomic mass is 9.93. The van der Waals surface area contributed by atoms with Crippen LogP contribution in [0.4, 0.5) is 4.39 Å². The Morgan fingerprint density at radius 1 is 1.05 bits per heavy atom.